The van der Waals surface area contributed by atoms with Crippen LogP contribution in [0.5, 0.6) is 0 Å². The standard InChI is InChI=1S/C15H20N4/c1-19-14(13(9-16)17-18-19)8-15-5-10-2-11(6-15)4-12(3-10)7-15/h10-12H,2-8H2,1H3. The summed E-state index contributed by atoms with van der Waals surface area (Å²) in [6, 6.07) is 2.20. The molecule has 4 nitrogen and oxygen atoms in total. The normalized spacial score (nSPS) is 39.5. The average Bonchev–Trinajstić information content (AvgIpc) is 2.68. The van der Waals surface area contributed by atoms with Gasteiger partial charge in [-0.2, -0.15) is 5.26 Å². The quantitative estimate of drug-likeness (QED) is 0.816. The minimum atomic E-state index is 0.454. The number of nitrogens with zero attached hydrogens (tertiary/aromatic N) is 4. The highest BCUT2D eigenvalue weighted by Crippen LogP contribution is 2.61. The van der Waals surface area contributed by atoms with Crippen molar-refractivity contribution in [3.8, 4) is 6.07 Å². The van der Waals surface area contributed by atoms with Gasteiger partial charge in [0.2, 0.25) is 0 Å². The Hall–Kier alpha value is -1.37. The maximum absolute atomic E-state index is 9.18. The van der Waals surface area contributed by atoms with Gasteiger partial charge in [0.25, 0.3) is 0 Å². The van der Waals surface area contributed by atoms with Crippen molar-refractivity contribution in [3.63, 3.8) is 0 Å². The Morgan fingerprint density at radius 1 is 1.21 bits per heavy atom. The van der Waals surface area contributed by atoms with Crippen LogP contribution in [0.15, 0.2) is 0 Å². The van der Waals surface area contributed by atoms with Gasteiger partial charge in [-0.15, -0.1) is 5.10 Å². The SMILES string of the molecule is Cn1nnc(C#N)c1CC12CC3CC(CC(C3)C1)C2. The van der Waals surface area contributed by atoms with E-state index in [-0.39, 0.29) is 0 Å². The number of nitriles is 1. The first kappa shape index (κ1) is 11.5. The van der Waals surface area contributed by atoms with Gasteiger partial charge in [0.05, 0.1) is 5.69 Å². The third-order valence-electron chi connectivity index (χ3n) is 5.76. The number of rotatable bonds is 2. The molecule has 0 aliphatic heterocycles. The van der Waals surface area contributed by atoms with E-state index >= 15 is 0 Å². The van der Waals surface area contributed by atoms with E-state index < -0.39 is 0 Å². The summed E-state index contributed by atoms with van der Waals surface area (Å²) in [5.74, 6) is 2.87. The van der Waals surface area contributed by atoms with Gasteiger partial charge in [-0.05, 0) is 68.1 Å². The lowest BCUT2D eigenvalue weighted by atomic mass is 9.48. The zero-order valence-electron chi connectivity index (χ0n) is 11.5. The van der Waals surface area contributed by atoms with Gasteiger partial charge in [0.1, 0.15) is 6.07 Å². The molecule has 0 N–H and O–H groups in total. The van der Waals surface area contributed by atoms with E-state index in [9.17, 15) is 5.26 Å². The lowest BCUT2D eigenvalue weighted by Gasteiger charge is -2.57. The summed E-state index contributed by atoms with van der Waals surface area (Å²) in [6.45, 7) is 0. The molecule has 1 heterocycles. The minimum absolute atomic E-state index is 0.454. The lowest BCUT2D eigenvalue weighted by Crippen LogP contribution is -2.47. The lowest BCUT2D eigenvalue weighted by molar-refractivity contribution is -0.0530. The first-order valence-corrected chi connectivity index (χ1v) is 7.46. The molecule has 0 aromatic carbocycles. The van der Waals surface area contributed by atoms with Crippen LogP contribution in [0.2, 0.25) is 0 Å². The summed E-state index contributed by atoms with van der Waals surface area (Å²) in [5, 5.41) is 17.2. The van der Waals surface area contributed by atoms with E-state index in [1.165, 1.54) is 38.5 Å². The average molecular weight is 256 g/mol. The van der Waals surface area contributed by atoms with E-state index in [2.05, 4.69) is 16.4 Å². The largest absolute Gasteiger partial charge is 0.251 e. The van der Waals surface area contributed by atoms with Crippen molar-refractivity contribution in [2.75, 3.05) is 0 Å². The van der Waals surface area contributed by atoms with Crippen LogP contribution in [0.1, 0.15) is 49.9 Å². The number of aromatic nitrogens is 3. The highest BCUT2D eigenvalue weighted by atomic mass is 15.4. The molecular weight excluding hydrogens is 236 g/mol. The van der Waals surface area contributed by atoms with Crippen molar-refractivity contribution >= 4 is 0 Å². The Bertz CT molecular complexity index is 516. The van der Waals surface area contributed by atoms with Gasteiger partial charge < -0.3 is 0 Å². The van der Waals surface area contributed by atoms with E-state index in [1.54, 1.807) is 0 Å². The molecule has 1 aromatic rings. The second-order valence-corrected chi connectivity index (χ2v) is 7.21. The smallest absolute Gasteiger partial charge is 0.185 e. The fraction of sp³-hybridized carbons (Fsp3) is 0.800. The molecule has 5 rings (SSSR count). The number of hydrogen-bond acceptors (Lipinski definition) is 3. The topological polar surface area (TPSA) is 54.5 Å². The molecule has 1 aromatic heterocycles. The predicted octanol–water partition coefficient (Wildman–Crippen LogP) is 2.45. The highest BCUT2D eigenvalue weighted by Gasteiger charge is 2.51. The molecular formula is C15H20N4. The summed E-state index contributed by atoms with van der Waals surface area (Å²) in [7, 11) is 1.92. The van der Waals surface area contributed by atoms with E-state index in [4.69, 9.17) is 0 Å². The van der Waals surface area contributed by atoms with Gasteiger partial charge in [-0.1, -0.05) is 5.21 Å². The molecule has 0 amide bonds. The van der Waals surface area contributed by atoms with Gasteiger partial charge >= 0.3 is 0 Å². The third-order valence-corrected chi connectivity index (χ3v) is 5.76. The van der Waals surface area contributed by atoms with Gasteiger partial charge in [0.15, 0.2) is 5.69 Å². The van der Waals surface area contributed by atoms with Crippen molar-refractivity contribution in [3.05, 3.63) is 11.4 Å². The maximum Gasteiger partial charge on any atom is 0.185 e. The first-order chi connectivity index (χ1) is 9.17. The zero-order valence-corrected chi connectivity index (χ0v) is 11.5. The van der Waals surface area contributed by atoms with Crippen LogP contribution in [-0.4, -0.2) is 15.0 Å². The summed E-state index contributed by atoms with van der Waals surface area (Å²) in [6.07, 6.45) is 9.53. The van der Waals surface area contributed by atoms with E-state index in [0.717, 1.165) is 29.9 Å². The Kier molecular flexibility index (Phi) is 2.30. The fourth-order valence-electron chi connectivity index (χ4n) is 5.52. The molecule has 0 saturated heterocycles. The van der Waals surface area contributed by atoms with Crippen molar-refractivity contribution in [1.82, 2.24) is 15.0 Å². The molecule has 0 atom stereocenters. The van der Waals surface area contributed by atoms with Crippen LogP contribution in [0.25, 0.3) is 0 Å². The van der Waals surface area contributed by atoms with Crippen LogP contribution >= 0.6 is 0 Å². The Morgan fingerprint density at radius 2 is 1.79 bits per heavy atom. The second-order valence-electron chi connectivity index (χ2n) is 7.21. The van der Waals surface area contributed by atoms with Crippen molar-refractivity contribution in [2.24, 2.45) is 30.2 Å². The fourth-order valence-corrected chi connectivity index (χ4v) is 5.52. The van der Waals surface area contributed by atoms with Crippen LogP contribution in [0.3, 0.4) is 0 Å². The molecule has 0 unspecified atom stereocenters. The molecule has 4 aliphatic carbocycles. The Morgan fingerprint density at radius 3 is 2.32 bits per heavy atom. The summed E-state index contributed by atoms with van der Waals surface area (Å²) in [5.41, 5.74) is 2.05. The number of hydrogen-bond donors (Lipinski definition) is 0. The predicted molar refractivity (Wildman–Crippen MR) is 70.0 cm³/mol. The molecule has 4 aliphatic rings. The molecule has 0 radical (unpaired) electrons. The van der Waals surface area contributed by atoms with E-state index in [1.807, 2.05) is 11.7 Å². The maximum atomic E-state index is 9.18. The van der Waals surface area contributed by atoms with Gasteiger partial charge in [-0.25, -0.2) is 0 Å². The molecule has 4 bridgehead atoms. The monoisotopic (exact) mass is 256 g/mol. The zero-order chi connectivity index (χ0) is 13.0. The molecule has 19 heavy (non-hydrogen) atoms. The van der Waals surface area contributed by atoms with Crippen molar-refractivity contribution < 1.29 is 0 Å². The third kappa shape index (κ3) is 1.71. The van der Waals surface area contributed by atoms with Crippen LogP contribution in [0, 0.1) is 34.5 Å². The summed E-state index contributed by atoms with van der Waals surface area (Å²) >= 11 is 0. The molecule has 4 fully saturated rings. The van der Waals surface area contributed by atoms with Crippen LogP contribution in [0.4, 0.5) is 0 Å². The van der Waals surface area contributed by atoms with Crippen molar-refractivity contribution in [1.29, 1.82) is 5.26 Å². The van der Waals surface area contributed by atoms with Crippen molar-refractivity contribution in [2.45, 2.75) is 44.9 Å². The summed E-state index contributed by atoms with van der Waals surface area (Å²) < 4.78 is 1.82. The Labute approximate surface area is 113 Å². The minimum Gasteiger partial charge on any atom is -0.251 e. The number of aryl methyl sites for hydroxylation is 1. The van der Waals surface area contributed by atoms with E-state index in [0.29, 0.717) is 11.1 Å². The molecule has 0 spiro atoms. The first-order valence-electron chi connectivity index (χ1n) is 7.46. The molecule has 4 saturated carbocycles. The highest BCUT2D eigenvalue weighted by molar-refractivity contribution is 5.26. The summed E-state index contributed by atoms with van der Waals surface area (Å²) in [4.78, 5) is 0. The second kappa shape index (κ2) is 3.82. The van der Waals surface area contributed by atoms with Crippen LogP contribution < -0.4 is 0 Å². The van der Waals surface area contributed by atoms with Gasteiger partial charge in [0, 0.05) is 7.05 Å². The molecule has 100 valence electrons. The van der Waals surface area contributed by atoms with Gasteiger partial charge in [-0.3, -0.25) is 4.68 Å². The van der Waals surface area contributed by atoms with Crippen LogP contribution in [-0.2, 0) is 13.5 Å². The molecule has 4 heteroatoms. The Balaban J connectivity index is 1.66.